The summed E-state index contributed by atoms with van der Waals surface area (Å²) in [6.07, 6.45) is 3.75. The molecule has 0 radical (unpaired) electrons. The Morgan fingerprint density at radius 2 is 1.11 bits per heavy atom. The zero-order valence-corrected chi connectivity index (χ0v) is 10.4. The van der Waals surface area contributed by atoms with Crippen LogP contribution in [0.1, 0.15) is 20.8 Å². The molecular weight excluding hydrogens is 263 g/mol. The topological polar surface area (TPSA) is 0 Å². The van der Waals surface area contributed by atoms with Crippen molar-refractivity contribution in [2.45, 2.75) is 20.8 Å². The molecule has 0 fully saturated rings. The van der Waals surface area contributed by atoms with E-state index in [1.54, 1.807) is 0 Å². The Morgan fingerprint density at radius 1 is 0.889 bits per heavy atom. The van der Waals surface area contributed by atoms with Crippen LogP contribution in [0.5, 0.6) is 0 Å². The number of rotatable bonds is 3. The summed E-state index contributed by atoms with van der Waals surface area (Å²) in [7, 11) is 0. The molecule has 0 spiro atoms. The standard InChI is InChI=1S/C6H15Br2P/c1-4-9(7,8,5-2)6-3/h4-6H2,1-3H3. The molecule has 0 atom stereocenters. The van der Waals surface area contributed by atoms with Gasteiger partial charge in [-0.15, -0.1) is 0 Å². The van der Waals surface area contributed by atoms with Crippen LogP contribution in [0.15, 0.2) is 0 Å². The molecular formula is C6H15Br2P. The second kappa shape index (κ2) is 3.19. The third-order valence-electron chi connectivity index (χ3n) is 2.06. The zero-order valence-electron chi connectivity index (χ0n) is 6.32. The first-order valence-electron chi connectivity index (χ1n) is 3.41. The van der Waals surface area contributed by atoms with Gasteiger partial charge >= 0.3 is 74.2 Å². The van der Waals surface area contributed by atoms with Gasteiger partial charge in [-0.05, 0) is 0 Å². The van der Waals surface area contributed by atoms with Gasteiger partial charge in [0.2, 0.25) is 0 Å². The molecule has 0 amide bonds. The van der Waals surface area contributed by atoms with E-state index in [4.69, 9.17) is 0 Å². The van der Waals surface area contributed by atoms with E-state index in [0.717, 1.165) is 0 Å². The predicted octanol–water partition coefficient (Wildman–Crippen LogP) is 4.22. The summed E-state index contributed by atoms with van der Waals surface area (Å²) in [5.74, 6) is 0. The van der Waals surface area contributed by atoms with Gasteiger partial charge in [0, 0.05) is 0 Å². The van der Waals surface area contributed by atoms with Crippen molar-refractivity contribution in [3.05, 3.63) is 0 Å². The van der Waals surface area contributed by atoms with Crippen LogP contribution in [0.3, 0.4) is 0 Å². The predicted molar refractivity (Wildman–Crippen MR) is 56.4 cm³/mol. The molecule has 0 aliphatic heterocycles. The summed E-state index contributed by atoms with van der Waals surface area (Å²) in [6, 6.07) is 0. The van der Waals surface area contributed by atoms with Gasteiger partial charge in [-0.2, -0.15) is 0 Å². The van der Waals surface area contributed by atoms with Crippen LogP contribution in [-0.2, 0) is 0 Å². The molecule has 0 aromatic heterocycles. The van der Waals surface area contributed by atoms with Gasteiger partial charge < -0.3 is 0 Å². The van der Waals surface area contributed by atoms with E-state index in [-0.39, 0.29) is 0 Å². The van der Waals surface area contributed by atoms with Crippen molar-refractivity contribution in [1.29, 1.82) is 0 Å². The van der Waals surface area contributed by atoms with E-state index in [2.05, 4.69) is 51.7 Å². The molecule has 0 aliphatic rings. The van der Waals surface area contributed by atoms with Crippen molar-refractivity contribution in [2.24, 2.45) is 0 Å². The maximum absolute atomic E-state index is 3.83. The second-order valence-corrected chi connectivity index (χ2v) is 21.2. The Hall–Kier alpha value is 1.39. The fourth-order valence-electron chi connectivity index (χ4n) is 0.671. The first-order chi connectivity index (χ1) is 3.96. The summed E-state index contributed by atoms with van der Waals surface area (Å²) in [5, 5.41) is 0. The van der Waals surface area contributed by atoms with Gasteiger partial charge in [-0.3, -0.25) is 0 Å². The first-order valence-corrected chi connectivity index (χ1v) is 10.2. The van der Waals surface area contributed by atoms with E-state index >= 15 is 0 Å². The Bertz CT molecular complexity index is 82.2. The van der Waals surface area contributed by atoms with E-state index in [9.17, 15) is 0 Å². The van der Waals surface area contributed by atoms with E-state index in [1.165, 1.54) is 18.5 Å². The zero-order chi connectivity index (χ0) is 7.57. The fraction of sp³-hybridized carbons (Fsp3) is 1.00. The average Bonchev–Trinajstić information content (AvgIpc) is 1.90. The third kappa shape index (κ3) is 2.86. The molecule has 0 aliphatic carbocycles. The molecule has 0 saturated heterocycles. The molecule has 58 valence electrons. The van der Waals surface area contributed by atoms with E-state index in [0.29, 0.717) is 0 Å². The number of hydrogen-bond acceptors (Lipinski definition) is 0. The van der Waals surface area contributed by atoms with Gasteiger partial charge in [0.1, 0.15) is 0 Å². The van der Waals surface area contributed by atoms with Crippen LogP contribution < -0.4 is 0 Å². The minimum atomic E-state index is -1.50. The van der Waals surface area contributed by atoms with Gasteiger partial charge in [0.05, 0.1) is 0 Å². The van der Waals surface area contributed by atoms with E-state index < -0.39 is 4.01 Å². The molecule has 9 heavy (non-hydrogen) atoms. The molecule has 0 aromatic carbocycles. The third-order valence-corrected chi connectivity index (χ3v) is 15.2. The molecule has 0 nitrogen and oxygen atoms in total. The SMILES string of the molecule is CCP(Br)(Br)(CC)CC. The fourth-order valence-corrected chi connectivity index (χ4v) is 2.01. The van der Waals surface area contributed by atoms with Crippen LogP contribution in [-0.4, -0.2) is 18.5 Å². The van der Waals surface area contributed by atoms with Crippen LogP contribution in [0, 0.1) is 0 Å². The van der Waals surface area contributed by atoms with Gasteiger partial charge in [0.25, 0.3) is 0 Å². The minimum absolute atomic E-state index is 1.25. The van der Waals surface area contributed by atoms with E-state index in [1.807, 2.05) is 0 Å². The normalized spacial score (nSPS) is 16.8. The van der Waals surface area contributed by atoms with Crippen molar-refractivity contribution >= 4 is 35.0 Å². The average molecular weight is 278 g/mol. The Morgan fingerprint density at radius 3 is 1.11 bits per heavy atom. The molecule has 3 heteroatoms. The van der Waals surface area contributed by atoms with Crippen molar-refractivity contribution in [3.63, 3.8) is 0 Å². The maximum atomic E-state index is 3.83. The Labute approximate surface area is 74.2 Å². The Balaban J connectivity index is 4.20. The van der Waals surface area contributed by atoms with Crippen LogP contribution in [0.25, 0.3) is 0 Å². The molecule has 0 bridgehead atoms. The first kappa shape index (κ1) is 10.4. The summed E-state index contributed by atoms with van der Waals surface area (Å²) >= 11 is 7.67. The number of halogens is 2. The van der Waals surface area contributed by atoms with Gasteiger partial charge in [-0.25, -0.2) is 0 Å². The monoisotopic (exact) mass is 276 g/mol. The molecule has 0 heterocycles. The summed E-state index contributed by atoms with van der Waals surface area (Å²) in [6.45, 7) is 6.73. The molecule has 0 aromatic rings. The molecule has 0 N–H and O–H groups in total. The molecule has 0 saturated carbocycles. The van der Waals surface area contributed by atoms with Crippen molar-refractivity contribution in [1.82, 2.24) is 0 Å². The Kier molecular flexibility index (Phi) is 3.69. The molecule has 0 unspecified atom stereocenters. The molecule has 0 rings (SSSR count). The van der Waals surface area contributed by atoms with Gasteiger partial charge in [-0.1, -0.05) is 0 Å². The van der Waals surface area contributed by atoms with Gasteiger partial charge in [0.15, 0.2) is 0 Å². The summed E-state index contributed by atoms with van der Waals surface area (Å²) in [5.41, 5.74) is 0. The van der Waals surface area contributed by atoms with Crippen LogP contribution >= 0.6 is 35.0 Å². The summed E-state index contributed by atoms with van der Waals surface area (Å²) in [4.78, 5) is 0. The van der Waals surface area contributed by atoms with Crippen molar-refractivity contribution in [2.75, 3.05) is 18.5 Å². The summed E-state index contributed by atoms with van der Waals surface area (Å²) < 4.78 is -1.50. The van der Waals surface area contributed by atoms with Crippen LogP contribution in [0.4, 0.5) is 0 Å². The number of hydrogen-bond donors (Lipinski definition) is 0. The van der Waals surface area contributed by atoms with Crippen molar-refractivity contribution < 1.29 is 0 Å². The van der Waals surface area contributed by atoms with Crippen LogP contribution in [0.2, 0.25) is 0 Å². The quantitative estimate of drug-likeness (QED) is 0.678. The second-order valence-electron chi connectivity index (χ2n) is 2.40. The van der Waals surface area contributed by atoms with Crippen molar-refractivity contribution in [3.8, 4) is 0 Å².